The Morgan fingerprint density at radius 2 is 2.14 bits per heavy atom. The number of benzene rings is 1. The van der Waals surface area contributed by atoms with Crippen LogP contribution in [0.2, 0.25) is 5.02 Å². The summed E-state index contributed by atoms with van der Waals surface area (Å²) in [6, 6.07) is 5.47. The molecule has 0 saturated heterocycles. The molecule has 7 nitrogen and oxygen atoms in total. The number of nitrogens with zero attached hydrogens (tertiary/aromatic N) is 2. The molecule has 2 aromatic heterocycles. The second-order valence-electron chi connectivity index (χ2n) is 7.57. The molecule has 8 heteroatoms. The Morgan fingerprint density at radius 3 is 2.76 bits per heavy atom. The molecule has 2 aliphatic carbocycles. The van der Waals surface area contributed by atoms with Gasteiger partial charge in [0.05, 0.1) is 24.4 Å². The number of ether oxygens (including phenoxy) is 1. The zero-order valence-corrected chi connectivity index (χ0v) is 17.1. The lowest BCUT2D eigenvalue weighted by Crippen LogP contribution is -2.18. The molecule has 29 heavy (non-hydrogen) atoms. The molecule has 0 atom stereocenters. The number of fused-ring (bicyclic) bond motifs is 1. The van der Waals surface area contributed by atoms with Gasteiger partial charge >= 0.3 is 0 Å². The highest BCUT2D eigenvalue weighted by molar-refractivity contribution is 6.35. The van der Waals surface area contributed by atoms with Crippen LogP contribution in [0.5, 0.6) is 5.75 Å². The molecule has 154 valence electrons. The van der Waals surface area contributed by atoms with Crippen LogP contribution in [-0.4, -0.2) is 22.7 Å². The molecule has 0 bridgehead atoms. The Balaban J connectivity index is 0.000000174. The number of halogens is 1. The summed E-state index contributed by atoms with van der Waals surface area (Å²) >= 11 is 6.27. The second-order valence-corrected chi connectivity index (χ2v) is 7.98. The summed E-state index contributed by atoms with van der Waals surface area (Å²) in [4.78, 5) is 14.9. The molecule has 0 unspecified atom stereocenters. The molecular formula is C21H24ClN3O4. The minimum atomic E-state index is -0.0728. The van der Waals surface area contributed by atoms with Crippen LogP contribution in [0, 0.1) is 5.92 Å². The lowest BCUT2D eigenvalue weighted by atomic mass is 9.85. The van der Waals surface area contributed by atoms with Crippen molar-refractivity contribution in [2.24, 2.45) is 5.92 Å². The van der Waals surface area contributed by atoms with Crippen molar-refractivity contribution in [1.82, 2.24) is 15.5 Å². The van der Waals surface area contributed by atoms with Gasteiger partial charge in [-0.25, -0.2) is 4.98 Å². The van der Waals surface area contributed by atoms with Gasteiger partial charge in [0, 0.05) is 31.0 Å². The topological polar surface area (TPSA) is 90.4 Å². The van der Waals surface area contributed by atoms with Gasteiger partial charge in [0.1, 0.15) is 11.3 Å². The first kappa shape index (κ1) is 19.8. The Kier molecular flexibility index (Phi) is 6.04. The van der Waals surface area contributed by atoms with Gasteiger partial charge in [-0.1, -0.05) is 23.2 Å². The van der Waals surface area contributed by atoms with Crippen LogP contribution in [0.3, 0.4) is 0 Å². The summed E-state index contributed by atoms with van der Waals surface area (Å²) in [5.41, 5.74) is 1.52. The quantitative estimate of drug-likeness (QED) is 0.616. The molecule has 1 amide bonds. The Labute approximate surface area is 173 Å². The van der Waals surface area contributed by atoms with Crippen LogP contribution in [-0.2, 0) is 11.3 Å². The summed E-state index contributed by atoms with van der Waals surface area (Å²) in [5, 5.41) is 6.67. The third kappa shape index (κ3) is 5.29. The van der Waals surface area contributed by atoms with Crippen LogP contribution in [0.1, 0.15) is 56.6 Å². The van der Waals surface area contributed by atoms with Gasteiger partial charge in [0.2, 0.25) is 5.91 Å². The lowest BCUT2D eigenvalue weighted by Gasteiger charge is -2.21. The first-order chi connectivity index (χ1) is 14.1. The monoisotopic (exact) mass is 417 g/mol. The van der Waals surface area contributed by atoms with Gasteiger partial charge in [-0.15, -0.1) is 0 Å². The number of rotatable bonds is 6. The standard InChI is InChI=1S/C15H16ClNO2.C6H8N2O2/c16-12-6-11(18-8-9-4-5-9)7-13-14(12)17-15(19-13)10-2-1-3-10;1-5(9)7-4-6-2-3-8-10-6/h6-7,9-10H,1-5,8H2;2-3H,4H2,1H3,(H,7,9). The fourth-order valence-corrected chi connectivity index (χ4v) is 3.18. The molecule has 2 aliphatic rings. The zero-order chi connectivity index (χ0) is 20.2. The third-order valence-electron chi connectivity index (χ3n) is 5.08. The van der Waals surface area contributed by atoms with Gasteiger partial charge in [-0.2, -0.15) is 0 Å². The van der Waals surface area contributed by atoms with Gasteiger partial charge in [0.15, 0.2) is 17.2 Å². The van der Waals surface area contributed by atoms with E-state index in [1.54, 1.807) is 6.07 Å². The molecule has 1 aromatic carbocycles. The minimum absolute atomic E-state index is 0.0728. The van der Waals surface area contributed by atoms with E-state index in [4.69, 9.17) is 25.3 Å². The Hall–Kier alpha value is -2.54. The first-order valence-electron chi connectivity index (χ1n) is 9.95. The van der Waals surface area contributed by atoms with Crippen LogP contribution < -0.4 is 10.1 Å². The second kappa shape index (κ2) is 8.86. The number of amides is 1. The molecule has 0 radical (unpaired) electrons. The number of oxazole rings is 1. The highest BCUT2D eigenvalue weighted by Crippen LogP contribution is 2.39. The summed E-state index contributed by atoms with van der Waals surface area (Å²) < 4.78 is 16.3. The lowest BCUT2D eigenvalue weighted by molar-refractivity contribution is -0.119. The molecule has 1 N–H and O–H groups in total. The van der Waals surface area contributed by atoms with E-state index in [9.17, 15) is 4.79 Å². The number of hydrogen-bond acceptors (Lipinski definition) is 6. The van der Waals surface area contributed by atoms with E-state index >= 15 is 0 Å². The number of nitrogens with one attached hydrogen (secondary N) is 1. The van der Waals surface area contributed by atoms with Gasteiger partial charge < -0.3 is 19.0 Å². The van der Waals surface area contributed by atoms with E-state index in [0.29, 0.717) is 23.2 Å². The molecule has 0 aliphatic heterocycles. The molecule has 2 heterocycles. The zero-order valence-electron chi connectivity index (χ0n) is 16.3. The van der Waals surface area contributed by atoms with Crippen molar-refractivity contribution in [2.75, 3.05) is 6.61 Å². The Bertz CT molecular complexity index is 962. The summed E-state index contributed by atoms with van der Waals surface area (Å²) in [7, 11) is 0. The highest BCUT2D eigenvalue weighted by atomic mass is 35.5. The average Bonchev–Trinajstić information content (AvgIpc) is 3.14. The van der Waals surface area contributed by atoms with Crippen molar-refractivity contribution in [3.8, 4) is 5.75 Å². The summed E-state index contributed by atoms with van der Waals surface area (Å²) in [5.74, 6) is 3.43. The maximum Gasteiger partial charge on any atom is 0.217 e. The maximum atomic E-state index is 10.4. The smallest absolute Gasteiger partial charge is 0.217 e. The van der Waals surface area contributed by atoms with Crippen LogP contribution in [0.25, 0.3) is 11.1 Å². The number of hydrogen-bond donors (Lipinski definition) is 1. The van der Waals surface area contributed by atoms with E-state index in [0.717, 1.165) is 35.3 Å². The van der Waals surface area contributed by atoms with Gasteiger partial charge in [0.25, 0.3) is 0 Å². The SMILES string of the molecule is CC(=O)NCc1ccno1.Clc1cc(OCC2CC2)cc2oc(C3CCC3)nc12. The largest absolute Gasteiger partial charge is 0.493 e. The predicted molar refractivity (Wildman–Crippen MR) is 108 cm³/mol. The summed E-state index contributed by atoms with van der Waals surface area (Å²) in [6.45, 7) is 2.65. The first-order valence-corrected chi connectivity index (χ1v) is 10.3. The van der Waals surface area contributed by atoms with Crippen molar-refractivity contribution in [3.63, 3.8) is 0 Å². The number of carbonyl (C=O) groups excluding carboxylic acids is 1. The van der Waals surface area contributed by atoms with Crippen molar-refractivity contribution in [3.05, 3.63) is 41.1 Å². The average molecular weight is 418 g/mol. The fourth-order valence-electron chi connectivity index (χ4n) is 2.94. The van der Waals surface area contributed by atoms with E-state index in [-0.39, 0.29) is 5.91 Å². The van der Waals surface area contributed by atoms with E-state index < -0.39 is 0 Å². The normalized spacial score (nSPS) is 16.1. The molecule has 2 fully saturated rings. The van der Waals surface area contributed by atoms with E-state index in [2.05, 4.69) is 15.5 Å². The van der Waals surface area contributed by atoms with Crippen LogP contribution in [0.4, 0.5) is 0 Å². The predicted octanol–water partition coefficient (Wildman–Crippen LogP) is 4.85. The maximum absolute atomic E-state index is 10.4. The van der Waals surface area contributed by atoms with E-state index in [1.807, 2.05) is 12.1 Å². The molecule has 5 rings (SSSR count). The third-order valence-corrected chi connectivity index (χ3v) is 5.37. The summed E-state index contributed by atoms with van der Waals surface area (Å²) in [6.07, 6.45) is 7.73. The fraction of sp³-hybridized carbons (Fsp3) is 0.476. The molecular weight excluding hydrogens is 394 g/mol. The molecule has 2 saturated carbocycles. The van der Waals surface area contributed by atoms with Crippen LogP contribution >= 0.6 is 11.6 Å². The number of aromatic nitrogens is 2. The van der Waals surface area contributed by atoms with Crippen LogP contribution in [0.15, 0.2) is 33.3 Å². The highest BCUT2D eigenvalue weighted by Gasteiger charge is 2.26. The number of carbonyl (C=O) groups is 1. The van der Waals surface area contributed by atoms with E-state index in [1.165, 1.54) is 45.2 Å². The van der Waals surface area contributed by atoms with Gasteiger partial charge in [-0.05, 0) is 31.6 Å². The van der Waals surface area contributed by atoms with Gasteiger partial charge in [-0.3, -0.25) is 4.79 Å². The van der Waals surface area contributed by atoms with Crippen molar-refractivity contribution < 1.29 is 18.5 Å². The van der Waals surface area contributed by atoms with Crippen molar-refractivity contribution in [2.45, 2.75) is 51.5 Å². The van der Waals surface area contributed by atoms with Crippen molar-refractivity contribution >= 4 is 28.6 Å². The Morgan fingerprint density at radius 1 is 1.31 bits per heavy atom. The van der Waals surface area contributed by atoms with Crippen molar-refractivity contribution in [1.29, 1.82) is 0 Å². The molecule has 0 spiro atoms. The molecule has 3 aromatic rings. The minimum Gasteiger partial charge on any atom is -0.493 e.